The molecule has 0 saturated heterocycles. The van der Waals surface area contributed by atoms with Crippen molar-refractivity contribution in [2.45, 2.75) is 40.2 Å². The second kappa shape index (κ2) is 3.81. The van der Waals surface area contributed by atoms with E-state index >= 15 is 0 Å². The standard InChI is InChI=1S/C11H20N2OS/c1-10(2,3)8(14)13(6)9-12-11(4,5)7-15-9/h7H2,1-6H3. The van der Waals surface area contributed by atoms with Gasteiger partial charge in [-0.25, -0.2) is 0 Å². The zero-order chi connectivity index (χ0) is 11.9. The van der Waals surface area contributed by atoms with Gasteiger partial charge in [0.15, 0.2) is 5.17 Å². The van der Waals surface area contributed by atoms with Crippen molar-refractivity contribution in [2.24, 2.45) is 10.4 Å². The van der Waals surface area contributed by atoms with E-state index in [1.54, 1.807) is 23.7 Å². The topological polar surface area (TPSA) is 32.7 Å². The van der Waals surface area contributed by atoms with E-state index in [1.165, 1.54) is 0 Å². The lowest BCUT2D eigenvalue weighted by molar-refractivity contribution is -0.134. The average molecular weight is 228 g/mol. The summed E-state index contributed by atoms with van der Waals surface area (Å²) in [6, 6.07) is 0. The summed E-state index contributed by atoms with van der Waals surface area (Å²) in [4.78, 5) is 18.2. The number of carbonyl (C=O) groups is 1. The maximum Gasteiger partial charge on any atom is 0.233 e. The van der Waals surface area contributed by atoms with Gasteiger partial charge < -0.3 is 0 Å². The monoisotopic (exact) mass is 228 g/mol. The number of aliphatic imine (C=N–C) groups is 1. The van der Waals surface area contributed by atoms with Crippen LogP contribution in [0.25, 0.3) is 0 Å². The molecule has 0 spiro atoms. The predicted octanol–water partition coefficient (Wildman–Crippen LogP) is 2.37. The molecule has 0 atom stereocenters. The van der Waals surface area contributed by atoms with Crippen LogP contribution in [0, 0.1) is 5.41 Å². The first kappa shape index (κ1) is 12.6. The van der Waals surface area contributed by atoms with E-state index in [-0.39, 0.29) is 16.9 Å². The molecule has 0 N–H and O–H groups in total. The Bertz CT molecular complexity index is 302. The summed E-state index contributed by atoms with van der Waals surface area (Å²) in [5, 5.41) is 0.847. The van der Waals surface area contributed by atoms with Crippen LogP contribution < -0.4 is 0 Å². The SMILES string of the molecule is CN(C(=O)C(C)(C)C)C1=NC(C)(C)CS1. The minimum atomic E-state index is -0.343. The fourth-order valence-corrected chi connectivity index (χ4v) is 2.46. The summed E-state index contributed by atoms with van der Waals surface area (Å²) >= 11 is 1.66. The van der Waals surface area contributed by atoms with E-state index in [2.05, 4.69) is 18.8 Å². The largest absolute Gasteiger partial charge is 0.294 e. The van der Waals surface area contributed by atoms with Crippen molar-refractivity contribution in [3.63, 3.8) is 0 Å². The predicted molar refractivity (Wildman–Crippen MR) is 66.2 cm³/mol. The van der Waals surface area contributed by atoms with Crippen LogP contribution >= 0.6 is 11.8 Å². The highest BCUT2D eigenvalue weighted by Gasteiger charge is 2.33. The molecule has 86 valence electrons. The second-order valence-electron chi connectivity index (χ2n) is 5.61. The highest BCUT2D eigenvalue weighted by molar-refractivity contribution is 8.14. The van der Waals surface area contributed by atoms with E-state index in [1.807, 2.05) is 20.8 Å². The van der Waals surface area contributed by atoms with Crippen molar-refractivity contribution in [3.05, 3.63) is 0 Å². The van der Waals surface area contributed by atoms with Crippen molar-refractivity contribution in [1.29, 1.82) is 0 Å². The van der Waals surface area contributed by atoms with Crippen molar-refractivity contribution in [2.75, 3.05) is 12.8 Å². The first-order valence-corrected chi connectivity index (χ1v) is 6.13. The highest BCUT2D eigenvalue weighted by atomic mass is 32.2. The van der Waals surface area contributed by atoms with E-state index in [0.717, 1.165) is 10.9 Å². The fraction of sp³-hybridized carbons (Fsp3) is 0.818. The molecule has 4 heteroatoms. The molecule has 1 aliphatic heterocycles. The van der Waals surface area contributed by atoms with Gasteiger partial charge in [-0.15, -0.1) is 0 Å². The molecule has 0 aromatic carbocycles. The molecule has 0 saturated carbocycles. The Labute approximate surface area is 96.3 Å². The quantitative estimate of drug-likeness (QED) is 0.637. The minimum absolute atomic E-state index is 0.0353. The van der Waals surface area contributed by atoms with Crippen LogP contribution in [0.2, 0.25) is 0 Å². The van der Waals surface area contributed by atoms with E-state index in [0.29, 0.717) is 0 Å². The molecule has 1 amide bonds. The number of carbonyl (C=O) groups excluding carboxylic acids is 1. The van der Waals surface area contributed by atoms with Gasteiger partial charge in [0, 0.05) is 18.2 Å². The van der Waals surface area contributed by atoms with E-state index in [4.69, 9.17) is 0 Å². The lowest BCUT2D eigenvalue weighted by Gasteiger charge is -2.25. The molecule has 15 heavy (non-hydrogen) atoms. The highest BCUT2D eigenvalue weighted by Crippen LogP contribution is 2.29. The van der Waals surface area contributed by atoms with Gasteiger partial charge in [-0.3, -0.25) is 14.7 Å². The maximum atomic E-state index is 12.0. The zero-order valence-corrected chi connectivity index (χ0v) is 11.2. The number of amides is 1. The van der Waals surface area contributed by atoms with Crippen LogP contribution in [0.5, 0.6) is 0 Å². The van der Waals surface area contributed by atoms with Crippen molar-refractivity contribution < 1.29 is 4.79 Å². The Morgan fingerprint density at radius 3 is 2.33 bits per heavy atom. The van der Waals surface area contributed by atoms with Gasteiger partial charge in [-0.1, -0.05) is 32.5 Å². The lowest BCUT2D eigenvalue weighted by Crippen LogP contribution is -2.39. The summed E-state index contributed by atoms with van der Waals surface area (Å²) in [6.45, 7) is 9.95. The molecule has 0 aromatic rings. The van der Waals surface area contributed by atoms with Gasteiger partial charge in [-0.05, 0) is 13.8 Å². The first-order valence-electron chi connectivity index (χ1n) is 5.14. The van der Waals surface area contributed by atoms with Crippen molar-refractivity contribution in [3.8, 4) is 0 Å². The Morgan fingerprint density at radius 2 is 2.00 bits per heavy atom. The number of thioether (sulfide) groups is 1. The van der Waals surface area contributed by atoms with Crippen LogP contribution in [-0.4, -0.2) is 34.3 Å². The minimum Gasteiger partial charge on any atom is -0.294 e. The Hall–Kier alpha value is -0.510. The van der Waals surface area contributed by atoms with Crippen LogP contribution in [0.1, 0.15) is 34.6 Å². The summed E-state index contributed by atoms with van der Waals surface area (Å²) in [6.07, 6.45) is 0. The van der Waals surface area contributed by atoms with Crippen LogP contribution in [0.15, 0.2) is 4.99 Å². The Balaban J connectivity index is 2.80. The van der Waals surface area contributed by atoms with E-state index in [9.17, 15) is 4.79 Å². The van der Waals surface area contributed by atoms with Crippen LogP contribution in [-0.2, 0) is 4.79 Å². The molecule has 1 heterocycles. The smallest absolute Gasteiger partial charge is 0.233 e. The molecular formula is C11H20N2OS. The summed E-state index contributed by atoms with van der Waals surface area (Å²) < 4.78 is 0. The number of hydrogen-bond donors (Lipinski definition) is 0. The van der Waals surface area contributed by atoms with Gasteiger partial charge >= 0.3 is 0 Å². The molecule has 0 radical (unpaired) electrons. The van der Waals surface area contributed by atoms with Gasteiger partial charge in [0.25, 0.3) is 0 Å². The molecular weight excluding hydrogens is 208 g/mol. The van der Waals surface area contributed by atoms with Gasteiger partial charge in [0.1, 0.15) is 0 Å². The average Bonchev–Trinajstić information content (AvgIpc) is 2.42. The summed E-state index contributed by atoms with van der Waals surface area (Å²) in [7, 11) is 1.81. The number of nitrogens with zero attached hydrogens (tertiary/aromatic N) is 2. The second-order valence-corrected chi connectivity index (χ2v) is 6.55. The van der Waals surface area contributed by atoms with Crippen molar-refractivity contribution in [1.82, 2.24) is 4.90 Å². The van der Waals surface area contributed by atoms with Crippen LogP contribution in [0.3, 0.4) is 0 Å². The van der Waals surface area contributed by atoms with E-state index < -0.39 is 0 Å². The third-order valence-corrected chi connectivity index (χ3v) is 3.66. The summed E-state index contributed by atoms with van der Waals surface area (Å²) in [5.74, 6) is 1.07. The maximum absolute atomic E-state index is 12.0. The molecule has 0 aliphatic carbocycles. The zero-order valence-electron chi connectivity index (χ0n) is 10.4. The molecule has 3 nitrogen and oxygen atoms in total. The van der Waals surface area contributed by atoms with Gasteiger partial charge in [-0.2, -0.15) is 0 Å². The van der Waals surface area contributed by atoms with Crippen molar-refractivity contribution >= 4 is 22.8 Å². The normalized spacial score (nSPS) is 20.0. The Kier molecular flexibility index (Phi) is 3.19. The third kappa shape index (κ3) is 2.97. The fourth-order valence-electron chi connectivity index (χ4n) is 1.33. The molecule has 0 fully saturated rings. The molecule has 0 aromatic heterocycles. The summed E-state index contributed by atoms with van der Waals surface area (Å²) in [5.41, 5.74) is -0.378. The number of rotatable bonds is 0. The van der Waals surface area contributed by atoms with Crippen LogP contribution in [0.4, 0.5) is 0 Å². The lowest BCUT2D eigenvalue weighted by atomic mass is 9.95. The number of hydrogen-bond acceptors (Lipinski definition) is 3. The molecule has 1 rings (SSSR count). The molecule has 0 unspecified atom stereocenters. The molecule has 0 bridgehead atoms. The first-order chi connectivity index (χ1) is 6.63. The van der Waals surface area contributed by atoms with Gasteiger partial charge in [0.05, 0.1) is 5.54 Å². The third-order valence-electron chi connectivity index (χ3n) is 2.19. The number of amidine groups is 1. The molecule has 1 aliphatic rings. The Morgan fingerprint density at radius 1 is 1.47 bits per heavy atom. The van der Waals surface area contributed by atoms with Gasteiger partial charge in [0.2, 0.25) is 5.91 Å².